The molecule has 3 aromatic carbocycles. The minimum absolute atomic E-state index is 0.235. The number of anilines is 2. The Balaban J connectivity index is 1.47. The van der Waals surface area contributed by atoms with E-state index in [1.54, 1.807) is 25.1 Å². The fraction of sp³-hybridized carbons (Fsp3) is 0.241. The van der Waals surface area contributed by atoms with Crippen molar-refractivity contribution in [3.05, 3.63) is 95.1 Å². The first-order valence-electron chi connectivity index (χ1n) is 12.2. The van der Waals surface area contributed by atoms with Crippen LogP contribution in [0, 0.1) is 0 Å². The Kier molecular flexibility index (Phi) is 6.84. The number of β-amino-alcohol motifs (C(OH)–C–C–N with tert-alkyl or cyclic N) is 1. The van der Waals surface area contributed by atoms with E-state index in [1.807, 2.05) is 42.5 Å². The Morgan fingerprint density at radius 3 is 2.56 bits per heavy atom. The van der Waals surface area contributed by atoms with Crippen LogP contribution < -0.4 is 10.6 Å². The molecular formula is C29H29N3O4. The lowest BCUT2D eigenvalue weighted by molar-refractivity contribution is -0.110. The summed E-state index contributed by atoms with van der Waals surface area (Å²) in [6.45, 7) is 4.44. The van der Waals surface area contributed by atoms with Crippen molar-refractivity contribution in [3.63, 3.8) is 0 Å². The van der Waals surface area contributed by atoms with Crippen molar-refractivity contribution in [1.82, 2.24) is 4.90 Å². The number of hydrogen-bond donors (Lipinski definition) is 3. The summed E-state index contributed by atoms with van der Waals surface area (Å²) in [6.07, 6.45) is 0.582. The predicted octanol–water partition coefficient (Wildman–Crippen LogP) is 4.36. The molecule has 0 aliphatic carbocycles. The lowest BCUT2D eigenvalue weighted by Gasteiger charge is -2.17. The van der Waals surface area contributed by atoms with Crippen molar-refractivity contribution < 1.29 is 19.4 Å². The Hall–Kier alpha value is -3.94. The van der Waals surface area contributed by atoms with E-state index in [0.717, 1.165) is 36.3 Å². The van der Waals surface area contributed by atoms with E-state index in [1.165, 1.54) is 5.56 Å². The van der Waals surface area contributed by atoms with Crippen LogP contribution in [0.3, 0.4) is 0 Å². The number of benzene rings is 3. The molecule has 5 rings (SSSR count). The number of ether oxygens (including phenoxy) is 1. The molecule has 0 aromatic heterocycles. The predicted molar refractivity (Wildman–Crippen MR) is 140 cm³/mol. The number of aliphatic hydroxyl groups excluding tert-OH is 1. The van der Waals surface area contributed by atoms with E-state index < -0.39 is 5.97 Å². The summed E-state index contributed by atoms with van der Waals surface area (Å²) in [5, 5.41) is 16.1. The van der Waals surface area contributed by atoms with Crippen LogP contribution in [0.25, 0.3) is 11.3 Å². The Bertz CT molecular complexity index is 1300. The van der Waals surface area contributed by atoms with Gasteiger partial charge >= 0.3 is 5.97 Å². The second-order valence-electron chi connectivity index (χ2n) is 9.05. The first kappa shape index (κ1) is 23.8. The molecule has 2 aliphatic heterocycles. The number of amides is 1. The number of carbonyl (C=O) groups excluding carboxylic acids is 2. The molecule has 184 valence electrons. The number of likely N-dealkylation sites (tertiary alicyclic amines) is 1. The maximum Gasteiger partial charge on any atom is 0.338 e. The van der Waals surface area contributed by atoms with Gasteiger partial charge in [0.15, 0.2) is 0 Å². The summed E-state index contributed by atoms with van der Waals surface area (Å²) < 4.78 is 5.10. The molecule has 7 heteroatoms. The van der Waals surface area contributed by atoms with Gasteiger partial charge in [0.05, 0.1) is 35.2 Å². The van der Waals surface area contributed by atoms with Gasteiger partial charge in [-0.3, -0.25) is 9.69 Å². The third-order valence-electron chi connectivity index (χ3n) is 6.46. The molecule has 3 aromatic rings. The fourth-order valence-corrected chi connectivity index (χ4v) is 4.70. The molecular weight excluding hydrogens is 454 g/mol. The largest absolute Gasteiger partial charge is 0.462 e. The number of nitrogens with zero attached hydrogens (tertiary/aromatic N) is 1. The van der Waals surface area contributed by atoms with E-state index in [4.69, 9.17) is 4.74 Å². The van der Waals surface area contributed by atoms with E-state index in [2.05, 4.69) is 27.7 Å². The average molecular weight is 484 g/mol. The van der Waals surface area contributed by atoms with E-state index in [-0.39, 0.29) is 18.6 Å². The highest BCUT2D eigenvalue weighted by atomic mass is 16.5. The molecule has 1 atom stereocenters. The van der Waals surface area contributed by atoms with Crippen LogP contribution in [-0.2, 0) is 16.1 Å². The number of fused-ring (bicyclic) bond motifs is 1. The standard InChI is InChI=1S/C29H29N3O4/c1-2-36-29(35)21-10-13-24-25(16-21)31-28(34)26(24)27(20-6-4-3-5-7-20)30-22-11-8-19(9-12-22)17-32-15-14-23(33)18-32/h3-13,16,23,30,33H,2,14-15,17-18H2,1H3,(H,31,34)/b27-26-. The average Bonchev–Trinajstić information content (AvgIpc) is 3.45. The minimum atomic E-state index is -0.420. The topological polar surface area (TPSA) is 90.9 Å². The Labute approximate surface area is 210 Å². The number of nitrogens with one attached hydrogen (secondary N) is 2. The fourth-order valence-electron chi connectivity index (χ4n) is 4.70. The van der Waals surface area contributed by atoms with Gasteiger partial charge in [-0.15, -0.1) is 0 Å². The van der Waals surface area contributed by atoms with Crippen LogP contribution in [-0.4, -0.2) is 47.7 Å². The molecule has 1 unspecified atom stereocenters. The van der Waals surface area contributed by atoms with E-state index in [9.17, 15) is 14.7 Å². The first-order chi connectivity index (χ1) is 17.5. The Morgan fingerprint density at radius 1 is 1.08 bits per heavy atom. The number of esters is 1. The van der Waals surface area contributed by atoms with Crippen LogP contribution in [0.15, 0.2) is 72.8 Å². The van der Waals surface area contributed by atoms with Crippen molar-refractivity contribution in [2.24, 2.45) is 0 Å². The van der Waals surface area contributed by atoms with E-state index >= 15 is 0 Å². The zero-order chi connectivity index (χ0) is 25.1. The number of hydrogen-bond acceptors (Lipinski definition) is 6. The third kappa shape index (κ3) is 5.03. The summed E-state index contributed by atoms with van der Waals surface area (Å²) in [4.78, 5) is 27.6. The molecule has 0 spiro atoms. The third-order valence-corrected chi connectivity index (χ3v) is 6.46. The highest BCUT2D eigenvalue weighted by molar-refractivity contribution is 6.37. The van der Waals surface area contributed by atoms with Gasteiger partial charge in [0, 0.05) is 30.9 Å². The van der Waals surface area contributed by atoms with Crippen molar-refractivity contribution in [2.75, 3.05) is 30.3 Å². The highest BCUT2D eigenvalue weighted by Gasteiger charge is 2.29. The van der Waals surface area contributed by atoms with Gasteiger partial charge in [0.25, 0.3) is 5.91 Å². The highest BCUT2D eigenvalue weighted by Crippen LogP contribution is 2.38. The minimum Gasteiger partial charge on any atom is -0.462 e. The van der Waals surface area contributed by atoms with Crippen LogP contribution in [0.5, 0.6) is 0 Å². The number of aliphatic hydroxyl groups is 1. The summed E-state index contributed by atoms with van der Waals surface area (Å²) in [7, 11) is 0. The molecule has 0 bridgehead atoms. The maximum atomic E-state index is 13.2. The monoisotopic (exact) mass is 483 g/mol. The lowest BCUT2D eigenvalue weighted by Crippen LogP contribution is -2.21. The van der Waals surface area contributed by atoms with Crippen molar-refractivity contribution in [1.29, 1.82) is 0 Å². The van der Waals surface area contributed by atoms with Crippen LogP contribution in [0.4, 0.5) is 11.4 Å². The molecule has 1 saturated heterocycles. The molecule has 3 N–H and O–H groups in total. The zero-order valence-corrected chi connectivity index (χ0v) is 20.2. The van der Waals surface area contributed by atoms with Crippen LogP contribution in [0.2, 0.25) is 0 Å². The van der Waals surface area contributed by atoms with Gasteiger partial charge < -0.3 is 20.5 Å². The SMILES string of the molecule is CCOC(=O)c1ccc2c(c1)NC(=O)/C2=C(\Nc1ccc(CN2CCC(O)C2)cc1)c1ccccc1. The van der Waals surface area contributed by atoms with Gasteiger partial charge in [0.2, 0.25) is 0 Å². The molecule has 2 heterocycles. The van der Waals surface area contributed by atoms with Gasteiger partial charge in [-0.1, -0.05) is 48.5 Å². The second-order valence-corrected chi connectivity index (χ2v) is 9.05. The first-order valence-corrected chi connectivity index (χ1v) is 12.2. The summed E-state index contributed by atoms with van der Waals surface area (Å²) in [5.74, 6) is -0.654. The van der Waals surface area contributed by atoms with Gasteiger partial charge in [-0.25, -0.2) is 4.79 Å². The maximum absolute atomic E-state index is 13.2. The number of carbonyl (C=O) groups is 2. The van der Waals surface area contributed by atoms with Crippen molar-refractivity contribution in [3.8, 4) is 0 Å². The molecule has 0 radical (unpaired) electrons. The second kappa shape index (κ2) is 10.4. The van der Waals surface area contributed by atoms with Crippen molar-refractivity contribution >= 4 is 34.5 Å². The number of rotatable bonds is 7. The Morgan fingerprint density at radius 2 is 1.86 bits per heavy atom. The van der Waals surface area contributed by atoms with Gasteiger partial charge in [-0.05, 0) is 48.7 Å². The lowest BCUT2D eigenvalue weighted by atomic mass is 9.99. The zero-order valence-electron chi connectivity index (χ0n) is 20.2. The van der Waals surface area contributed by atoms with Gasteiger partial charge in [0.1, 0.15) is 0 Å². The van der Waals surface area contributed by atoms with Crippen LogP contribution >= 0.6 is 0 Å². The smallest absolute Gasteiger partial charge is 0.338 e. The molecule has 7 nitrogen and oxygen atoms in total. The summed E-state index contributed by atoms with van der Waals surface area (Å²) in [6, 6.07) is 23.0. The summed E-state index contributed by atoms with van der Waals surface area (Å²) in [5.41, 5.74) is 5.80. The molecule has 1 fully saturated rings. The molecule has 0 saturated carbocycles. The molecule has 36 heavy (non-hydrogen) atoms. The summed E-state index contributed by atoms with van der Waals surface area (Å²) >= 11 is 0. The van der Waals surface area contributed by atoms with Crippen LogP contribution in [0.1, 0.15) is 40.4 Å². The normalized spacial score (nSPS) is 18.5. The van der Waals surface area contributed by atoms with Crippen molar-refractivity contribution in [2.45, 2.75) is 26.0 Å². The molecule has 1 amide bonds. The van der Waals surface area contributed by atoms with Gasteiger partial charge in [-0.2, -0.15) is 0 Å². The van der Waals surface area contributed by atoms with E-state index in [0.29, 0.717) is 29.1 Å². The molecule has 2 aliphatic rings. The quantitative estimate of drug-likeness (QED) is 0.342.